The van der Waals surface area contributed by atoms with Gasteiger partial charge in [0, 0.05) is 24.8 Å². The average Bonchev–Trinajstić information content (AvgIpc) is 3.24. The Balaban J connectivity index is 1.95. The lowest BCUT2D eigenvalue weighted by atomic mass is 10.1. The highest BCUT2D eigenvalue weighted by Gasteiger charge is 2.14. The van der Waals surface area contributed by atoms with Crippen LogP contribution >= 0.6 is 0 Å². The van der Waals surface area contributed by atoms with Gasteiger partial charge in [0.2, 0.25) is 0 Å². The summed E-state index contributed by atoms with van der Waals surface area (Å²) in [7, 11) is 1.67. The molecule has 132 valence electrons. The second-order valence-corrected chi connectivity index (χ2v) is 5.53. The Morgan fingerprint density at radius 1 is 1.20 bits per heavy atom. The summed E-state index contributed by atoms with van der Waals surface area (Å²) in [4.78, 5) is 9.02. The molecular weight excluding hydrogens is 320 g/mol. The van der Waals surface area contributed by atoms with Crippen LogP contribution in [-0.2, 0) is 22.6 Å². The third kappa shape index (κ3) is 4.09. The Morgan fingerprint density at radius 3 is 2.76 bits per heavy atom. The second kappa shape index (κ2) is 8.00. The van der Waals surface area contributed by atoms with Crippen molar-refractivity contribution in [3.05, 3.63) is 35.9 Å². The van der Waals surface area contributed by atoms with E-state index in [1.54, 1.807) is 7.11 Å². The van der Waals surface area contributed by atoms with E-state index >= 15 is 0 Å². The molecule has 0 atom stereocenters. The molecule has 0 unspecified atom stereocenters. The van der Waals surface area contributed by atoms with Gasteiger partial charge in [-0.1, -0.05) is 18.2 Å². The number of hydrogen-bond acceptors (Lipinski definition) is 6. The lowest BCUT2D eigenvalue weighted by Crippen LogP contribution is -2.08. The number of H-pyrrole nitrogens is 1. The van der Waals surface area contributed by atoms with Crippen molar-refractivity contribution >= 4 is 0 Å². The smallest absolute Gasteiger partial charge is 0.181 e. The molecule has 0 bridgehead atoms. The van der Waals surface area contributed by atoms with Gasteiger partial charge in [0.15, 0.2) is 17.5 Å². The van der Waals surface area contributed by atoms with Crippen molar-refractivity contribution in [2.75, 3.05) is 20.3 Å². The van der Waals surface area contributed by atoms with E-state index in [-0.39, 0.29) is 0 Å². The summed E-state index contributed by atoms with van der Waals surface area (Å²) in [5, 5.41) is 11.6. The molecule has 2 aromatic heterocycles. The zero-order valence-corrected chi connectivity index (χ0v) is 14.7. The first-order chi connectivity index (χ1) is 12.2. The standard InChI is InChI=1S/C17H22N6O2/c1-4-25-11-15-19-17(23(22-15)8-9-24-3)14-7-5-6-13(10-14)16-18-12(2)20-21-16/h5-7,10H,4,8-9,11H2,1-3H3,(H,18,20,21). The van der Waals surface area contributed by atoms with E-state index in [1.165, 1.54) is 0 Å². The van der Waals surface area contributed by atoms with Gasteiger partial charge in [0.05, 0.1) is 13.2 Å². The molecule has 3 aromatic rings. The maximum atomic E-state index is 5.43. The van der Waals surface area contributed by atoms with Gasteiger partial charge in [0.25, 0.3) is 0 Å². The van der Waals surface area contributed by atoms with E-state index in [0.29, 0.717) is 38.0 Å². The Hall–Kier alpha value is -2.58. The zero-order valence-electron chi connectivity index (χ0n) is 14.7. The third-order valence-electron chi connectivity index (χ3n) is 3.63. The van der Waals surface area contributed by atoms with Crippen LogP contribution in [0.1, 0.15) is 18.6 Å². The summed E-state index contributed by atoms with van der Waals surface area (Å²) in [6, 6.07) is 7.96. The number of aromatic amines is 1. The number of aryl methyl sites for hydroxylation is 1. The topological polar surface area (TPSA) is 90.7 Å². The first kappa shape index (κ1) is 17.2. The van der Waals surface area contributed by atoms with Crippen molar-refractivity contribution in [2.24, 2.45) is 0 Å². The van der Waals surface area contributed by atoms with E-state index in [4.69, 9.17) is 9.47 Å². The Morgan fingerprint density at radius 2 is 2.04 bits per heavy atom. The molecule has 0 aliphatic carbocycles. The minimum Gasteiger partial charge on any atom is -0.383 e. The van der Waals surface area contributed by atoms with Gasteiger partial charge in [-0.3, -0.25) is 5.10 Å². The van der Waals surface area contributed by atoms with E-state index in [2.05, 4.69) is 25.3 Å². The van der Waals surface area contributed by atoms with Gasteiger partial charge < -0.3 is 9.47 Å². The first-order valence-electron chi connectivity index (χ1n) is 8.21. The molecule has 25 heavy (non-hydrogen) atoms. The molecular formula is C17H22N6O2. The molecule has 0 aliphatic heterocycles. The number of hydrogen-bond donors (Lipinski definition) is 1. The van der Waals surface area contributed by atoms with Gasteiger partial charge in [0.1, 0.15) is 12.4 Å². The van der Waals surface area contributed by atoms with Crippen molar-refractivity contribution < 1.29 is 9.47 Å². The molecule has 8 heteroatoms. The molecule has 0 amide bonds. The normalized spacial score (nSPS) is 11.2. The molecule has 0 fully saturated rings. The summed E-state index contributed by atoms with van der Waals surface area (Å²) >= 11 is 0. The number of benzene rings is 1. The molecule has 0 saturated carbocycles. The molecule has 8 nitrogen and oxygen atoms in total. The van der Waals surface area contributed by atoms with Crippen LogP contribution in [-0.4, -0.2) is 50.3 Å². The lowest BCUT2D eigenvalue weighted by molar-refractivity contribution is 0.127. The predicted octanol–water partition coefficient (Wildman–Crippen LogP) is 2.22. The van der Waals surface area contributed by atoms with Crippen LogP contribution in [0.4, 0.5) is 0 Å². The van der Waals surface area contributed by atoms with E-state index in [1.807, 2.05) is 42.8 Å². The van der Waals surface area contributed by atoms with Crippen molar-refractivity contribution in [3.8, 4) is 22.8 Å². The minimum atomic E-state index is 0.392. The van der Waals surface area contributed by atoms with E-state index < -0.39 is 0 Å². The Kier molecular flexibility index (Phi) is 5.52. The maximum absolute atomic E-state index is 5.43. The quantitative estimate of drug-likeness (QED) is 0.675. The van der Waals surface area contributed by atoms with Crippen LogP contribution < -0.4 is 0 Å². The van der Waals surface area contributed by atoms with Crippen LogP contribution in [0.25, 0.3) is 22.8 Å². The van der Waals surface area contributed by atoms with Gasteiger partial charge in [-0.05, 0) is 19.9 Å². The number of nitrogens with one attached hydrogen (secondary N) is 1. The molecule has 2 heterocycles. The largest absolute Gasteiger partial charge is 0.383 e. The minimum absolute atomic E-state index is 0.392. The van der Waals surface area contributed by atoms with Gasteiger partial charge in [-0.2, -0.15) is 10.2 Å². The molecule has 3 rings (SSSR count). The van der Waals surface area contributed by atoms with E-state index in [9.17, 15) is 0 Å². The van der Waals surface area contributed by atoms with Crippen LogP contribution in [0, 0.1) is 6.92 Å². The first-order valence-corrected chi connectivity index (χ1v) is 8.21. The van der Waals surface area contributed by atoms with Crippen molar-refractivity contribution in [1.82, 2.24) is 29.9 Å². The molecule has 0 spiro atoms. The summed E-state index contributed by atoms with van der Waals surface area (Å²) in [6.45, 7) is 6.02. The van der Waals surface area contributed by atoms with Crippen LogP contribution in [0.15, 0.2) is 24.3 Å². The fourth-order valence-electron chi connectivity index (χ4n) is 2.46. The molecule has 0 saturated heterocycles. The van der Waals surface area contributed by atoms with Crippen molar-refractivity contribution in [2.45, 2.75) is 27.0 Å². The highest BCUT2D eigenvalue weighted by molar-refractivity contribution is 5.66. The molecule has 0 radical (unpaired) electrons. The van der Waals surface area contributed by atoms with E-state index in [0.717, 1.165) is 22.8 Å². The van der Waals surface area contributed by atoms with Crippen LogP contribution in [0.3, 0.4) is 0 Å². The van der Waals surface area contributed by atoms with Gasteiger partial charge in [-0.15, -0.1) is 0 Å². The van der Waals surface area contributed by atoms with Crippen LogP contribution in [0.2, 0.25) is 0 Å². The number of rotatable bonds is 8. The summed E-state index contributed by atoms with van der Waals surface area (Å²) in [6.07, 6.45) is 0. The summed E-state index contributed by atoms with van der Waals surface area (Å²) in [5.74, 6) is 2.88. The van der Waals surface area contributed by atoms with Crippen molar-refractivity contribution in [1.29, 1.82) is 0 Å². The maximum Gasteiger partial charge on any atom is 0.181 e. The fraction of sp³-hybridized carbons (Fsp3) is 0.412. The monoisotopic (exact) mass is 342 g/mol. The number of ether oxygens (including phenoxy) is 2. The second-order valence-electron chi connectivity index (χ2n) is 5.53. The summed E-state index contributed by atoms with van der Waals surface area (Å²) in [5.41, 5.74) is 1.88. The molecule has 1 aromatic carbocycles. The van der Waals surface area contributed by atoms with Gasteiger partial charge in [-0.25, -0.2) is 14.6 Å². The SMILES string of the molecule is CCOCc1nc(-c2cccc(-c3n[nH]c(C)n3)c2)n(CCOC)n1. The third-order valence-corrected chi connectivity index (χ3v) is 3.63. The number of methoxy groups -OCH3 is 1. The average molecular weight is 342 g/mol. The van der Waals surface area contributed by atoms with Crippen molar-refractivity contribution in [3.63, 3.8) is 0 Å². The number of nitrogens with zero attached hydrogens (tertiary/aromatic N) is 5. The Labute approximate surface area is 146 Å². The summed E-state index contributed by atoms with van der Waals surface area (Å²) < 4.78 is 12.5. The highest BCUT2D eigenvalue weighted by atomic mass is 16.5. The fourth-order valence-corrected chi connectivity index (χ4v) is 2.46. The molecule has 1 N–H and O–H groups in total. The predicted molar refractivity (Wildman–Crippen MR) is 92.8 cm³/mol. The van der Waals surface area contributed by atoms with Gasteiger partial charge >= 0.3 is 0 Å². The zero-order chi connectivity index (χ0) is 17.6. The number of aromatic nitrogens is 6. The molecule has 0 aliphatic rings. The highest BCUT2D eigenvalue weighted by Crippen LogP contribution is 2.23. The lowest BCUT2D eigenvalue weighted by Gasteiger charge is -2.06. The van der Waals surface area contributed by atoms with Crippen LogP contribution in [0.5, 0.6) is 0 Å². The Bertz CT molecular complexity index is 826.